The summed E-state index contributed by atoms with van der Waals surface area (Å²) in [5.41, 5.74) is 3.08. The van der Waals surface area contributed by atoms with E-state index < -0.39 is 5.54 Å². The molecule has 2 aliphatic heterocycles. The number of benzene rings is 2. The van der Waals surface area contributed by atoms with Crippen LogP contribution < -0.4 is 4.74 Å². The lowest BCUT2D eigenvalue weighted by Crippen LogP contribution is -2.53. The number of imide groups is 1. The van der Waals surface area contributed by atoms with Gasteiger partial charge in [0.2, 0.25) is 0 Å². The number of aromatic amines is 1. The summed E-state index contributed by atoms with van der Waals surface area (Å²) >= 11 is 0. The Labute approximate surface area is 206 Å². The topological polar surface area (TPSA) is 68.9 Å². The third-order valence-corrected chi connectivity index (χ3v) is 7.60. The second-order valence-corrected chi connectivity index (χ2v) is 9.56. The highest BCUT2D eigenvalue weighted by Crippen LogP contribution is 2.48. The van der Waals surface area contributed by atoms with Crippen molar-refractivity contribution in [1.82, 2.24) is 19.7 Å². The van der Waals surface area contributed by atoms with Crippen molar-refractivity contribution in [3.63, 3.8) is 0 Å². The van der Waals surface area contributed by atoms with Gasteiger partial charge < -0.3 is 14.6 Å². The van der Waals surface area contributed by atoms with Gasteiger partial charge in [0.25, 0.3) is 5.91 Å². The minimum Gasteiger partial charge on any atom is -0.494 e. The molecule has 0 radical (unpaired) electrons. The van der Waals surface area contributed by atoms with Gasteiger partial charge in [0.15, 0.2) is 0 Å². The van der Waals surface area contributed by atoms with E-state index in [0.717, 1.165) is 46.6 Å². The fourth-order valence-electron chi connectivity index (χ4n) is 5.71. The van der Waals surface area contributed by atoms with Crippen molar-refractivity contribution in [1.29, 1.82) is 0 Å². The van der Waals surface area contributed by atoms with E-state index in [2.05, 4.69) is 29.8 Å². The summed E-state index contributed by atoms with van der Waals surface area (Å²) in [7, 11) is 0. The molecule has 3 amide bonds. The monoisotopic (exact) mass is 474 g/mol. The van der Waals surface area contributed by atoms with Crippen LogP contribution in [0.2, 0.25) is 0 Å². The lowest BCUT2D eigenvalue weighted by molar-refractivity contribution is -0.133. The Hall–Kier alpha value is -3.32. The summed E-state index contributed by atoms with van der Waals surface area (Å²) in [6, 6.07) is 15.5. The predicted octanol–water partition coefficient (Wildman–Crippen LogP) is 4.58. The molecule has 2 aromatic carbocycles. The number of nitrogens with zero attached hydrogens (tertiary/aromatic N) is 3. The molecular weight excluding hydrogens is 440 g/mol. The number of ether oxygens (including phenoxy) is 1. The largest absolute Gasteiger partial charge is 0.494 e. The summed E-state index contributed by atoms with van der Waals surface area (Å²) < 4.78 is 5.77. The summed E-state index contributed by atoms with van der Waals surface area (Å²) in [6.45, 7) is 11.5. The molecule has 1 saturated heterocycles. The Morgan fingerprint density at radius 1 is 1.09 bits per heavy atom. The number of carbonyl (C=O) groups excluding carboxylic acids is 2. The first-order valence-electron chi connectivity index (χ1n) is 12.6. The molecule has 7 heteroatoms. The third-order valence-electron chi connectivity index (χ3n) is 7.60. The first kappa shape index (κ1) is 23.4. The van der Waals surface area contributed by atoms with Crippen molar-refractivity contribution < 1.29 is 14.3 Å². The number of amides is 3. The first-order chi connectivity index (χ1) is 16.9. The molecular formula is C28H34N4O3. The number of rotatable bonds is 8. The zero-order valence-corrected chi connectivity index (χ0v) is 21.0. The van der Waals surface area contributed by atoms with Gasteiger partial charge in [-0.2, -0.15) is 0 Å². The molecule has 1 aromatic heterocycles. The van der Waals surface area contributed by atoms with E-state index in [0.29, 0.717) is 26.1 Å². The SMILES string of the molecule is CCOc1ccc2[nH]c3c(c2c1)C[C@@]1(C)C(=O)N(CCN(CC)CC)C(=O)N1C3c1ccccc1. The Morgan fingerprint density at radius 3 is 2.51 bits per heavy atom. The van der Waals surface area contributed by atoms with Crippen LogP contribution in [0, 0.1) is 0 Å². The number of fused-ring (bicyclic) bond motifs is 4. The van der Waals surface area contributed by atoms with Crippen LogP contribution in [0.4, 0.5) is 4.79 Å². The lowest BCUT2D eigenvalue weighted by Gasteiger charge is -2.42. The highest BCUT2D eigenvalue weighted by atomic mass is 16.5. The molecule has 184 valence electrons. The number of carbonyl (C=O) groups is 2. The number of nitrogens with one attached hydrogen (secondary N) is 1. The molecule has 2 aliphatic rings. The van der Waals surface area contributed by atoms with E-state index in [1.165, 1.54) is 4.90 Å². The molecule has 1 N–H and O–H groups in total. The molecule has 7 nitrogen and oxygen atoms in total. The van der Waals surface area contributed by atoms with Crippen molar-refractivity contribution in [2.75, 3.05) is 32.8 Å². The Morgan fingerprint density at radius 2 is 1.83 bits per heavy atom. The molecule has 0 spiro atoms. The molecule has 0 saturated carbocycles. The lowest BCUT2D eigenvalue weighted by atomic mass is 9.81. The molecule has 2 atom stereocenters. The molecule has 0 aliphatic carbocycles. The van der Waals surface area contributed by atoms with Crippen molar-refractivity contribution in [3.05, 3.63) is 65.4 Å². The van der Waals surface area contributed by atoms with Crippen molar-refractivity contribution in [2.45, 2.75) is 45.7 Å². The minimum absolute atomic E-state index is 0.114. The van der Waals surface area contributed by atoms with Gasteiger partial charge in [-0.15, -0.1) is 0 Å². The summed E-state index contributed by atoms with van der Waals surface area (Å²) in [6.07, 6.45) is 0.466. The van der Waals surface area contributed by atoms with Gasteiger partial charge in [-0.1, -0.05) is 44.2 Å². The van der Waals surface area contributed by atoms with Crippen LogP contribution in [0.15, 0.2) is 48.5 Å². The van der Waals surface area contributed by atoms with E-state index in [1.54, 1.807) is 0 Å². The van der Waals surface area contributed by atoms with Gasteiger partial charge in [-0.05, 0) is 56.3 Å². The third kappa shape index (κ3) is 3.69. The van der Waals surface area contributed by atoms with Crippen LogP contribution in [-0.4, -0.2) is 69.9 Å². The van der Waals surface area contributed by atoms with Crippen LogP contribution >= 0.6 is 0 Å². The van der Waals surface area contributed by atoms with E-state index in [4.69, 9.17) is 4.74 Å². The average Bonchev–Trinajstić information content (AvgIpc) is 3.31. The second-order valence-electron chi connectivity index (χ2n) is 9.56. The van der Waals surface area contributed by atoms with E-state index in [1.807, 2.05) is 61.2 Å². The van der Waals surface area contributed by atoms with Gasteiger partial charge in [0, 0.05) is 36.1 Å². The predicted molar refractivity (Wildman–Crippen MR) is 137 cm³/mol. The molecule has 3 aromatic rings. The fraction of sp³-hybridized carbons (Fsp3) is 0.429. The molecule has 35 heavy (non-hydrogen) atoms. The maximum Gasteiger partial charge on any atom is 0.328 e. The highest BCUT2D eigenvalue weighted by molar-refractivity contribution is 6.08. The molecule has 1 unspecified atom stereocenters. The molecule has 0 bridgehead atoms. The summed E-state index contributed by atoms with van der Waals surface area (Å²) in [4.78, 5) is 36.9. The van der Waals surface area contributed by atoms with Gasteiger partial charge in [-0.3, -0.25) is 14.6 Å². The zero-order chi connectivity index (χ0) is 24.7. The smallest absolute Gasteiger partial charge is 0.328 e. The van der Waals surface area contributed by atoms with E-state index in [9.17, 15) is 9.59 Å². The summed E-state index contributed by atoms with van der Waals surface area (Å²) in [5.74, 6) is 0.692. The van der Waals surface area contributed by atoms with Crippen LogP contribution in [0.25, 0.3) is 10.9 Å². The Balaban J connectivity index is 1.63. The number of hydrogen-bond acceptors (Lipinski definition) is 4. The van der Waals surface area contributed by atoms with Crippen LogP contribution in [0.3, 0.4) is 0 Å². The molecule has 1 fully saturated rings. The van der Waals surface area contributed by atoms with Gasteiger partial charge >= 0.3 is 6.03 Å². The van der Waals surface area contributed by atoms with Crippen LogP contribution in [0.1, 0.15) is 50.6 Å². The Kier molecular flexibility index (Phi) is 6.05. The van der Waals surface area contributed by atoms with Crippen LogP contribution in [-0.2, 0) is 11.2 Å². The van der Waals surface area contributed by atoms with Crippen molar-refractivity contribution in [3.8, 4) is 5.75 Å². The first-order valence-corrected chi connectivity index (χ1v) is 12.6. The van der Waals surface area contributed by atoms with Crippen LogP contribution in [0.5, 0.6) is 5.75 Å². The normalized spacial score (nSPS) is 21.7. The van der Waals surface area contributed by atoms with Gasteiger partial charge in [0.05, 0.1) is 6.61 Å². The van der Waals surface area contributed by atoms with Crippen molar-refractivity contribution >= 4 is 22.8 Å². The number of likely N-dealkylation sites (N-methyl/N-ethyl adjacent to an activating group) is 1. The summed E-state index contributed by atoms with van der Waals surface area (Å²) in [5, 5.41) is 1.05. The number of aromatic nitrogens is 1. The average molecular weight is 475 g/mol. The number of hydrogen-bond donors (Lipinski definition) is 1. The number of urea groups is 1. The molecule has 3 heterocycles. The standard InChI is InChI=1S/C28H34N4O3/c1-5-30(6-2)15-16-31-26(33)28(4)18-22-21-17-20(35-7-3)13-14-23(21)29-24(22)25(32(28)27(31)34)19-11-9-8-10-12-19/h8-14,17,25,29H,5-7,15-16,18H2,1-4H3/t25?,28-/m0/s1. The minimum atomic E-state index is -0.954. The van der Waals surface area contributed by atoms with E-state index >= 15 is 0 Å². The quantitative estimate of drug-likeness (QED) is 0.486. The van der Waals surface area contributed by atoms with Gasteiger partial charge in [0.1, 0.15) is 17.3 Å². The van der Waals surface area contributed by atoms with Gasteiger partial charge in [-0.25, -0.2) is 4.79 Å². The number of H-pyrrole nitrogens is 1. The van der Waals surface area contributed by atoms with E-state index in [-0.39, 0.29) is 18.0 Å². The Bertz CT molecular complexity index is 1250. The highest BCUT2D eigenvalue weighted by Gasteiger charge is 2.60. The second kappa shape index (κ2) is 9.04. The zero-order valence-electron chi connectivity index (χ0n) is 21.0. The van der Waals surface area contributed by atoms with Crippen molar-refractivity contribution in [2.24, 2.45) is 0 Å². The maximum atomic E-state index is 13.9. The molecule has 5 rings (SSSR count). The fourth-order valence-corrected chi connectivity index (χ4v) is 5.71. The maximum absolute atomic E-state index is 13.9.